The van der Waals surface area contributed by atoms with Gasteiger partial charge in [0.25, 0.3) is 0 Å². The number of H-pyrrole nitrogens is 1. The molecule has 0 aliphatic carbocycles. The van der Waals surface area contributed by atoms with Crippen LogP contribution in [0.4, 0.5) is 0 Å². The average Bonchev–Trinajstić information content (AvgIpc) is 3.24. The van der Waals surface area contributed by atoms with Crippen molar-refractivity contribution >= 4 is 5.52 Å². The van der Waals surface area contributed by atoms with Gasteiger partial charge in [-0.25, -0.2) is 9.50 Å². The van der Waals surface area contributed by atoms with Crippen LogP contribution in [-0.4, -0.2) is 42.7 Å². The number of nitrogens with zero attached hydrogens (tertiary/aromatic N) is 4. The summed E-state index contributed by atoms with van der Waals surface area (Å²) in [5.74, 6) is 0.960. The van der Waals surface area contributed by atoms with Crippen molar-refractivity contribution in [1.29, 1.82) is 0 Å². The molecule has 0 bridgehead atoms. The Morgan fingerprint density at radius 2 is 2.17 bits per heavy atom. The number of hydrogen-bond acceptors (Lipinski definition) is 4. The lowest BCUT2D eigenvalue weighted by Gasteiger charge is -2.33. The number of likely N-dealkylation sites (tertiary alicyclic amines) is 1. The molecule has 4 rings (SSSR count). The highest BCUT2D eigenvalue weighted by Crippen LogP contribution is 2.29. The Morgan fingerprint density at radius 3 is 2.91 bits per heavy atom. The maximum absolute atomic E-state index is 10.4. The second-order valence-electron chi connectivity index (χ2n) is 6.24. The Balaban J connectivity index is 1.36. The maximum atomic E-state index is 10.4. The molecule has 3 aromatic rings. The van der Waals surface area contributed by atoms with Crippen molar-refractivity contribution in [3.63, 3.8) is 0 Å². The first-order valence-corrected chi connectivity index (χ1v) is 8.12. The fourth-order valence-corrected chi connectivity index (χ4v) is 3.39. The minimum atomic E-state index is -0.484. The molecule has 1 aliphatic rings. The van der Waals surface area contributed by atoms with Gasteiger partial charge in [0, 0.05) is 25.1 Å². The summed E-state index contributed by atoms with van der Waals surface area (Å²) in [6.45, 7) is 2.83. The summed E-state index contributed by atoms with van der Waals surface area (Å²) in [6.07, 6.45) is 6.91. The number of aromatic nitrogens is 4. The highest BCUT2D eigenvalue weighted by molar-refractivity contribution is 5.46. The summed E-state index contributed by atoms with van der Waals surface area (Å²) in [5, 5.41) is 15.0. The van der Waals surface area contributed by atoms with E-state index in [1.165, 1.54) is 0 Å². The number of rotatable bonds is 4. The standard InChI is InChI=1S/C17H21N5O/c23-16(17-18-6-7-19-17)13-4-9-21(10-5-13)12-14-11-15-3-1-2-8-22(15)20-14/h1-3,6-8,11,13,16,23H,4-5,9-10,12H2,(H,18,19). The van der Waals surface area contributed by atoms with Gasteiger partial charge in [-0.3, -0.25) is 4.90 Å². The number of pyridine rings is 1. The molecule has 1 unspecified atom stereocenters. The molecule has 6 nitrogen and oxygen atoms in total. The molecule has 1 aliphatic heterocycles. The second-order valence-corrected chi connectivity index (χ2v) is 6.24. The Morgan fingerprint density at radius 1 is 1.30 bits per heavy atom. The highest BCUT2D eigenvalue weighted by atomic mass is 16.3. The van der Waals surface area contributed by atoms with E-state index in [1.807, 2.05) is 22.8 Å². The van der Waals surface area contributed by atoms with Gasteiger partial charge < -0.3 is 10.1 Å². The van der Waals surface area contributed by atoms with Crippen LogP contribution in [0.25, 0.3) is 5.52 Å². The van der Waals surface area contributed by atoms with E-state index >= 15 is 0 Å². The van der Waals surface area contributed by atoms with Crippen LogP contribution in [0.1, 0.15) is 30.5 Å². The van der Waals surface area contributed by atoms with E-state index < -0.39 is 6.10 Å². The largest absolute Gasteiger partial charge is 0.385 e. The third-order valence-electron chi connectivity index (χ3n) is 4.68. The molecule has 120 valence electrons. The number of aromatic amines is 1. The van der Waals surface area contributed by atoms with Crippen molar-refractivity contribution in [1.82, 2.24) is 24.5 Å². The Hall–Kier alpha value is -2.18. The van der Waals surface area contributed by atoms with Gasteiger partial charge >= 0.3 is 0 Å². The van der Waals surface area contributed by atoms with Gasteiger partial charge in [-0.1, -0.05) is 6.07 Å². The number of nitrogens with one attached hydrogen (secondary N) is 1. The van der Waals surface area contributed by atoms with Crippen LogP contribution in [0.15, 0.2) is 42.9 Å². The van der Waals surface area contributed by atoms with Crippen LogP contribution in [0, 0.1) is 5.92 Å². The van der Waals surface area contributed by atoms with Crippen molar-refractivity contribution in [2.24, 2.45) is 5.92 Å². The third-order valence-corrected chi connectivity index (χ3v) is 4.68. The number of aliphatic hydroxyl groups is 1. The van der Waals surface area contributed by atoms with Crippen molar-refractivity contribution in [3.8, 4) is 0 Å². The maximum Gasteiger partial charge on any atom is 0.135 e. The highest BCUT2D eigenvalue weighted by Gasteiger charge is 2.27. The van der Waals surface area contributed by atoms with Gasteiger partial charge in [0.2, 0.25) is 0 Å². The van der Waals surface area contributed by atoms with Gasteiger partial charge in [0.15, 0.2) is 0 Å². The number of piperidine rings is 1. The first-order valence-electron chi connectivity index (χ1n) is 8.12. The molecule has 2 N–H and O–H groups in total. The molecule has 1 atom stereocenters. The predicted octanol–water partition coefficient (Wildman–Crippen LogP) is 2.00. The van der Waals surface area contributed by atoms with Gasteiger partial charge in [0.05, 0.1) is 11.2 Å². The lowest BCUT2D eigenvalue weighted by Crippen LogP contribution is -2.35. The first-order chi connectivity index (χ1) is 11.3. The van der Waals surface area contributed by atoms with E-state index in [4.69, 9.17) is 0 Å². The van der Waals surface area contributed by atoms with E-state index in [-0.39, 0.29) is 5.92 Å². The topological polar surface area (TPSA) is 69.5 Å². The van der Waals surface area contributed by atoms with E-state index in [0.717, 1.165) is 43.7 Å². The molecule has 0 amide bonds. The molecule has 1 fully saturated rings. The van der Waals surface area contributed by atoms with E-state index in [2.05, 4.69) is 32.1 Å². The van der Waals surface area contributed by atoms with Gasteiger partial charge in [-0.05, 0) is 50.0 Å². The normalized spacial score (nSPS) is 18.5. The minimum Gasteiger partial charge on any atom is -0.385 e. The van der Waals surface area contributed by atoms with Crippen molar-refractivity contribution in [3.05, 3.63) is 54.4 Å². The summed E-state index contributed by atoms with van der Waals surface area (Å²) in [5.41, 5.74) is 2.23. The molecule has 6 heteroatoms. The van der Waals surface area contributed by atoms with Gasteiger partial charge in [0.1, 0.15) is 11.9 Å². The molecule has 0 spiro atoms. The van der Waals surface area contributed by atoms with Crippen molar-refractivity contribution < 1.29 is 5.11 Å². The van der Waals surface area contributed by atoms with Gasteiger partial charge in [-0.2, -0.15) is 5.10 Å². The summed E-state index contributed by atoms with van der Waals surface area (Å²) in [7, 11) is 0. The number of aliphatic hydroxyl groups excluding tert-OH is 1. The van der Waals surface area contributed by atoms with Crippen molar-refractivity contribution in [2.45, 2.75) is 25.5 Å². The second kappa shape index (κ2) is 6.14. The summed E-state index contributed by atoms with van der Waals surface area (Å²) < 4.78 is 1.92. The zero-order valence-corrected chi connectivity index (χ0v) is 13.0. The quantitative estimate of drug-likeness (QED) is 0.773. The van der Waals surface area contributed by atoms with Crippen LogP contribution in [-0.2, 0) is 6.54 Å². The number of fused-ring (bicyclic) bond motifs is 1. The number of imidazole rings is 1. The lowest BCUT2D eigenvalue weighted by atomic mass is 9.91. The Labute approximate surface area is 134 Å². The van der Waals surface area contributed by atoms with Crippen LogP contribution in [0.5, 0.6) is 0 Å². The SMILES string of the molecule is OC(c1ncc[nH]1)C1CCN(Cc2cc3ccccn3n2)CC1. The van der Waals surface area contributed by atoms with Gasteiger partial charge in [-0.15, -0.1) is 0 Å². The Bertz CT molecular complexity index is 725. The molecular formula is C17H21N5O. The fourth-order valence-electron chi connectivity index (χ4n) is 3.39. The number of hydrogen-bond donors (Lipinski definition) is 2. The van der Waals surface area contributed by atoms with E-state index in [1.54, 1.807) is 12.4 Å². The summed E-state index contributed by atoms with van der Waals surface area (Å²) >= 11 is 0. The molecule has 23 heavy (non-hydrogen) atoms. The summed E-state index contributed by atoms with van der Waals surface area (Å²) in [6, 6.07) is 8.24. The zero-order valence-electron chi connectivity index (χ0n) is 13.0. The molecular weight excluding hydrogens is 290 g/mol. The minimum absolute atomic E-state index is 0.276. The first kappa shape index (κ1) is 14.4. The smallest absolute Gasteiger partial charge is 0.135 e. The predicted molar refractivity (Wildman–Crippen MR) is 86.7 cm³/mol. The molecule has 4 heterocycles. The van der Waals surface area contributed by atoms with Crippen LogP contribution in [0.2, 0.25) is 0 Å². The van der Waals surface area contributed by atoms with Crippen LogP contribution >= 0.6 is 0 Å². The molecule has 1 saturated heterocycles. The third kappa shape index (κ3) is 3.00. The lowest BCUT2D eigenvalue weighted by molar-refractivity contribution is 0.0511. The van der Waals surface area contributed by atoms with Crippen LogP contribution < -0.4 is 0 Å². The Kier molecular flexibility index (Phi) is 3.85. The fraction of sp³-hybridized carbons (Fsp3) is 0.412. The van der Waals surface area contributed by atoms with Crippen molar-refractivity contribution in [2.75, 3.05) is 13.1 Å². The molecule has 0 radical (unpaired) electrons. The average molecular weight is 311 g/mol. The van der Waals surface area contributed by atoms with Crippen LogP contribution in [0.3, 0.4) is 0 Å². The molecule has 0 aromatic carbocycles. The zero-order chi connectivity index (χ0) is 15.6. The molecule has 3 aromatic heterocycles. The van der Waals surface area contributed by atoms with E-state index in [0.29, 0.717) is 5.82 Å². The van der Waals surface area contributed by atoms with E-state index in [9.17, 15) is 5.11 Å². The summed E-state index contributed by atoms with van der Waals surface area (Å²) in [4.78, 5) is 9.59. The monoisotopic (exact) mass is 311 g/mol. The molecule has 0 saturated carbocycles.